The van der Waals surface area contributed by atoms with E-state index in [1.807, 2.05) is 18.2 Å². The van der Waals surface area contributed by atoms with Gasteiger partial charge in [0, 0.05) is 25.1 Å². The molecule has 0 aliphatic carbocycles. The van der Waals surface area contributed by atoms with Crippen LogP contribution in [0.4, 0.5) is 0 Å². The third-order valence-electron chi connectivity index (χ3n) is 3.72. The van der Waals surface area contributed by atoms with Crippen LogP contribution in [0.1, 0.15) is 37.8 Å². The van der Waals surface area contributed by atoms with Gasteiger partial charge in [-0.05, 0) is 30.5 Å². The van der Waals surface area contributed by atoms with E-state index >= 15 is 0 Å². The first-order chi connectivity index (χ1) is 8.69. The minimum Gasteiger partial charge on any atom is -0.396 e. The highest BCUT2D eigenvalue weighted by atomic mass is 16.3. The van der Waals surface area contributed by atoms with Gasteiger partial charge >= 0.3 is 0 Å². The molecular formula is C15H22N2O. The fraction of sp³-hybridized carbons (Fsp3) is 0.533. The molecule has 0 aromatic heterocycles. The number of nitrogens with zero attached hydrogens (tertiary/aromatic N) is 1. The monoisotopic (exact) mass is 246 g/mol. The quantitative estimate of drug-likeness (QED) is 0.777. The van der Waals surface area contributed by atoms with E-state index in [9.17, 15) is 5.11 Å². The van der Waals surface area contributed by atoms with Crippen molar-refractivity contribution in [3.63, 3.8) is 0 Å². The van der Waals surface area contributed by atoms with Crippen molar-refractivity contribution in [2.45, 2.75) is 33.2 Å². The molecule has 0 amide bonds. The maximum Gasteiger partial charge on any atom is 0.0991 e. The first-order valence-corrected chi connectivity index (χ1v) is 6.50. The Kier molecular flexibility index (Phi) is 5.84. The Bertz CT molecular complexity index is 397. The van der Waals surface area contributed by atoms with Gasteiger partial charge in [-0.25, -0.2) is 0 Å². The van der Waals surface area contributed by atoms with E-state index in [2.05, 4.69) is 25.2 Å². The number of benzene rings is 1. The van der Waals surface area contributed by atoms with Crippen LogP contribution in [0, 0.1) is 16.7 Å². The van der Waals surface area contributed by atoms with Crippen LogP contribution >= 0.6 is 0 Å². The molecule has 0 spiro atoms. The molecule has 2 N–H and O–H groups in total. The van der Waals surface area contributed by atoms with Gasteiger partial charge in [-0.1, -0.05) is 26.0 Å². The van der Waals surface area contributed by atoms with E-state index in [0.717, 1.165) is 31.5 Å². The van der Waals surface area contributed by atoms with Gasteiger partial charge in [0.1, 0.15) is 0 Å². The number of rotatable bonds is 7. The SMILES string of the molecule is CCC(CC)(CO)CNCc1cccc(C#N)c1. The van der Waals surface area contributed by atoms with E-state index in [4.69, 9.17) is 5.26 Å². The maximum absolute atomic E-state index is 9.47. The summed E-state index contributed by atoms with van der Waals surface area (Å²) < 4.78 is 0. The molecule has 0 saturated carbocycles. The summed E-state index contributed by atoms with van der Waals surface area (Å²) in [4.78, 5) is 0. The summed E-state index contributed by atoms with van der Waals surface area (Å²) in [5.74, 6) is 0. The van der Waals surface area contributed by atoms with Gasteiger partial charge in [0.15, 0.2) is 0 Å². The third kappa shape index (κ3) is 3.83. The van der Waals surface area contributed by atoms with Crippen molar-refractivity contribution in [3.8, 4) is 6.07 Å². The summed E-state index contributed by atoms with van der Waals surface area (Å²) in [6, 6.07) is 9.74. The maximum atomic E-state index is 9.47. The first-order valence-electron chi connectivity index (χ1n) is 6.50. The van der Waals surface area contributed by atoms with Crippen molar-refractivity contribution in [2.24, 2.45) is 5.41 Å². The second kappa shape index (κ2) is 7.15. The Labute approximate surface area is 109 Å². The third-order valence-corrected chi connectivity index (χ3v) is 3.72. The molecule has 0 radical (unpaired) electrons. The van der Waals surface area contributed by atoms with Gasteiger partial charge in [-0.3, -0.25) is 0 Å². The highest BCUT2D eigenvalue weighted by molar-refractivity contribution is 5.32. The van der Waals surface area contributed by atoms with Gasteiger partial charge in [-0.2, -0.15) is 5.26 Å². The predicted molar refractivity (Wildman–Crippen MR) is 73.0 cm³/mol. The molecule has 3 heteroatoms. The van der Waals surface area contributed by atoms with E-state index < -0.39 is 0 Å². The molecule has 0 heterocycles. The minimum atomic E-state index is -0.0210. The van der Waals surface area contributed by atoms with Gasteiger partial charge in [0.25, 0.3) is 0 Å². The molecule has 18 heavy (non-hydrogen) atoms. The zero-order chi connectivity index (χ0) is 13.4. The van der Waals surface area contributed by atoms with Crippen LogP contribution < -0.4 is 5.32 Å². The molecule has 0 atom stereocenters. The molecular weight excluding hydrogens is 224 g/mol. The summed E-state index contributed by atoms with van der Waals surface area (Å²) in [5, 5.41) is 21.7. The largest absolute Gasteiger partial charge is 0.396 e. The van der Waals surface area contributed by atoms with Crippen LogP contribution in [-0.2, 0) is 6.54 Å². The van der Waals surface area contributed by atoms with Gasteiger partial charge in [0.2, 0.25) is 0 Å². The summed E-state index contributed by atoms with van der Waals surface area (Å²) in [5.41, 5.74) is 1.77. The number of nitrogens with one attached hydrogen (secondary N) is 1. The average molecular weight is 246 g/mol. The molecule has 0 fully saturated rings. The Morgan fingerprint density at radius 3 is 2.61 bits per heavy atom. The number of hydrogen-bond acceptors (Lipinski definition) is 3. The van der Waals surface area contributed by atoms with Gasteiger partial charge in [0.05, 0.1) is 11.6 Å². The van der Waals surface area contributed by atoms with Crippen LogP contribution in [0.15, 0.2) is 24.3 Å². The lowest BCUT2D eigenvalue weighted by molar-refractivity contribution is 0.113. The summed E-state index contributed by atoms with van der Waals surface area (Å²) in [6.45, 7) is 5.96. The Hall–Kier alpha value is -1.37. The molecule has 3 nitrogen and oxygen atoms in total. The smallest absolute Gasteiger partial charge is 0.0991 e. The van der Waals surface area contributed by atoms with Crippen LogP contribution in [0.2, 0.25) is 0 Å². The Morgan fingerprint density at radius 2 is 2.06 bits per heavy atom. The molecule has 1 rings (SSSR count). The second-order valence-electron chi connectivity index (χ2n) is 4.78. The second-order valence-corrected chi connectivity index (χ2v) is 4.78. The van der Waals surface area contributed by atoms with Crippen LogP contribution in [0.25, 0.3) is 0 Å². The Balaban J connectivity index is 2.53. The standard InChI is InChI=1S/C15H22N2O/c1-3-15(4-2,12-18)11-17-10-14-7-5-6-13(8-14)9-16/h5-8,17-18H,3-4,10-12H2,1-2H3. The lowest BCUT2D eigenvalue weighted by Crippen LogP contribution is -2.36. The zero-order valence-corrected chi connectivity index (χ0v) is 11.2. The molecule has 1 aromatic carbocycles. The zero-order valence-electron chi connectivity index (χ0n) is 11.2. The molecule has 0 bridgehead atoms. The fourth-order valence-electron chi connectivity index (χ4n) is 2.00. The number of aliphatic hydroxyl groups is 1. The molecule has 0 aliphatic rings. The van der Waals surface area contributed by atoms with Crippen LogP contribution in [-0.4, -0.2) is 18.3 Å². The molecule has 0 saturated heterocycles. The topological polar surface area (TPSA) is 56.0 Å². The average Bonchev–Trinajstić information content (AvgIpc) is 2.44. The van der Waals surface area contributed by atoms with E-state index in [0.29, 0.717) is 5.56 Å². The predicted octanol–water partition coefficient (Wildman–Crippen LogP) is 2.45. The molecule has 0 unspecified atom stereocenters. The number of hydrogen-bond donors (Lipinski definition) is 2. The van der Waals surface area contributed by atoms with Crippen molar-refractivity contribution in [1.29, 1.82) is 5.26 Å². The Morgan fingerprint density at radius 1 is 1.33 bits per heavy atom. The molecule has 0 aliphatic heterocycles. The number of aliphatic hydroxyl groups excluding tert-OH is 1. The summed E-state index contributed by atoms with van der Waals surface area (Å²) in [6.07, 6.45) is 1.93. The minimum absolute atomic E-state index is 0.0210. The van der Waals surface area contributed by atoms with Crippen molar-refractivity contribution < 1.29 is 5.11 Å². The summed E-state index contributed by atoms with van der Waals surface area (Å²) >= 11 is 0. The lowest BCUT2D eigenvalue weighted by Gasteiger charge is -2.29. The van der Waals surface area contributed by atoms with Crippen LogP contribution in [0.5, 0.6) is 0 Å². The van der Waals surface area contributed by atoms with Crippen molar-refractivity contribution in [2.75, 3.05) is 13.2 Å². The highest BCUT2D eigenvalue weighted by Gasteiger charge is 2.24. The first kappa shape index (κ1) is 14.7. The van der Waals surface area contributed by atoms with Gasteiger partial charge in [-0.15, -0.1) is 0 Å². The molecule has 98 valence electrons. The van der Waals surface area contributed by atoms with Gasteiger partial charge < -0.3 is 10.4 Å². The summed E-state index contributed by atoms with van der Waals surface area (Å²) in [7, 11) is 0. The van der Waals surface area contributed by atoms with E-state index in [-0.39, 0.29) is 12.0 Å². The normalized spacial score (nSPS) is 11.2. The van der Waals surface area contributed by atoms with E-state index in [1.54, 1.807) is 6.07 Å². The molecule has 1 aromatic rings. The van der Waals surface area contributed by atoms with Crippen molar-refractivity contribution in [1.82, 2.24) is 5.32 Å². The van der Waals surface area contributed by atoms with Crippen LogP contribution in [0.3, 0.4) is 0 Å². The van der Waals surface area contributed by atoms with E-state index in [1.165, 1.54) is 0 Å². The fourth-order valence-corrected chi connectivity index (χ4v) is 2.00. The lowest BCUT2D eigenvalue weighted by atomic mass is 9.83. The highest BCUT2D eigenvalue weighted by Crippen LogP contribution is 2.24. The number of nitriles is 1. The van der Waals surface area contributed by atoms with Crippen molar-refractivity contribution >= 4 is 0 Å². The van der Waals surface area contributed by atoms with Crippen molar-refractivity contribution in [3.05, 3.63) is 35.4 Å².